The van der Waals surface area contributed by atoms with Gasteiger partial charge in [-0.15, -0.1) is 0 Å². The van der Waals surface area contributed by atoms with Gasteiger partial charge >= 0.3 is 13.2 Å². The zero-order valence-corrected chi connectivity index (χ0v) is 24.2. The summed E-state index contributed by atoms with van der Waals surface area (Å²) in [5.74, 6) is -0.137. The van der Waals surface area contributed by atoms with E-state index in [0.29, 0.717) is 16.1 Å². The molecule has 6 nitrogen and oxygen atoms in total. The van der Waals surface area contributed by atoms with Gasteiger partial charge in [0.15, 0.2) is 5.78 Å². The Morgan fingerprint density at radius 3 is 2.08 bits per heavy atom. The third-order valence-corrected chi connectivity index (χ3v) is 8.37. The molecule has 1 aliphatic heterocycles. The molecule has 1 amide bonds. The van der Waals surface area contributed by atoms with Crippen molar-refractivity contribution in [1.29, 1.82) is 0 Å². The second kappa shape index (κ2) is 10.9. The topological polar surface area (TPSA) is 73.9 Å². The first-order valence-electron chi connectivity index (χ1n) is 13.4. The van der Waals surface area contributed by atoms with Gasteiger partial charge in [-0.05, 0) is 80.0 Å². The minimum Gasteiger partial charge on any atom is -0.449 e. The van der Waals surface area contributed by atoms with Crippen molar-refractivity contribution in [1.82, 2.24) is 5.32 Å². The van der Waals surface area contributed by atoms with E-state index in [0.717, 1.165) is 16.7 Å². The van der Waals surface area contributed by atoms with Crippen LogP contribution in [0, 0.1) is 0 Å². The lowest BCUT2D eigenvalue weighted by Gasteiger charge is -2.32. The van der Waals surface area contributed by atoms with E-state index in [-0.39, 0.29) is 24.9 Å². The van der Waals surface area contributed by atoms with Gasteiger partial charge in [0, 0.05) is 18.0 Å². The van der Waals surface area contributed by atoms with Gasteiger partial charge in [-0.3, -0.25) is 4.79 Å². The van der Waals surface area contributed by atoms with Crippen molar-refractivity contribution in [3.8, 4) is 11.1 Å². The summed E-state index contributed by atoms with van der Waals surface area (Å²) in [6.45, 7) is 9.73. The van der Waals surface area contributed by atoms with E-state index < -0.39 is 24.4 Å². The van der Waals surface area contributed by atoms with Crippen LogP contribution in [0.2, 0.25) is 5.02 Å². The van der Waals surface area contributed by atoms with Gasteiger partial charge in [0.2, 0.25) is 0 Å². The van der Waals surface area contributed by atoms with Crippen molar-refractivity contribution in [3.63, 3.8) is 0 Å². The number of fused-ring (bicyclic) bond motifs is 3. The molecule has 1 heterocycles. The summed E-state index contributed by atoms with van der Waals surface area (Å²) in [6.07, 6.45) is 1.33. The molecule has 1 fully saturated rings. The number of hydrogen-bond acceptors (Lipinski definition) is 5. The molecule has 8 heteroatoms. The number of carbonyl (C=O) groups is 2. The average molecular weight is 558 g/mol. The fourth-order valence-electron chi connectivity index (χ4n) is 5.14. The molecule has 1 saturated heterocycles. The largest absolute Gasteiger partial charge is 0.492 e. The van der Waals surface area contributed by atoms with Crippen molar-refractivity contribution in [2.45, 2.75) is 51.7 Å². The number of ketones is 1. The lowest BCUT2D eigenvalue weighted by molar-refractivity contribution is 0.00578. The molecule has 5 rings (SSSR count). The highest BCUT2D eigenvalue weighted by Crippen LogP contribution is 2.44. The smallest absolute Gasteiger partial charge is 0.449 e. The van der Waals surface area contributed by atoms with E-state index in [4.69, 9.17) is 25.6 Å². The molecule has 1 aliphatic carbocycles. The number of ether oxygens (including phenoxy) is 1. The molecule has 1 N–H and O–H groups in total. The molecule has 3 aromatic rings. The molecule has 0 radical (unpaired) electrons. The Hall–Kier alpha value is -3.39. The van der Waals surface area contributed by atoms with Crippen LogP contribution in [0.5, 0.6) is 0 Å². The first kappa shape index (κ1) is 28.2. The third-order valence-electron chi connectivity index (χ3n) is 8.06. The number of benzene rings is 3. The van der Waals surface area contributed by atoms with Crippen LogP contribution >= 0.6 is 11.6 Å². The van der Waals surface area contributed by atoms with E-state index >= 15 is 0 Å². The van der Waals surface area contributed by atoms with E-state index in [1.807, 2.05) is 58.0 Å². The van der Waals surface area contributed by atoms with Gasteiger partial charge in [0.25, 0.3) is 0 Å². The molecule has 40 heavy (non-hydrogen) atoms. The lowest BCUT2D eigenvalue weighted by atomic mass is 9.77. The van der Waals surface area contributed by atoms with E-state index in [9.17, 15) is 9.59 Å². The van der Waals surface area contributed by atoms with Crippen molar-refractivity contribution in [2.24, 2.45) is 0 Å². The van der Waals surface area contributed by atoms with Crippen LogP contribution < -0.4 is 5.32 Å². The van der Waals surface area contributed by atoms with Crippen molar-refractivity contribution in [2.75, 3.05) is 13.2 Å². The molecule has 2 aliphatic rings. The SMILES string of the molecule is CC(=O)c1ccc(C=C(CNC(=O)OCC2c3ccccc3-c3ccccc32)B2OC(C)(C)C(C)(C)O2)cc1Cl. The van der Waals surface area contributed by atoms with E-state index in [2.05, 4.69) is 29.6 Å². The molecule has 0 aromatic heterocycles. The predicted molar refractivity (Wildman–Crippen MR) is 159 cm³/mol. The molecule has 0 spiro atoms. The van der Waals surface area contributed by atoms with Gasteiger partial charge in [-0.1, -0.05) is 72.3 Å². The Labute approximate surface area is 240 Å². The highest BCUT2D eigenvalue weighted by molar-refractivity contribution is 6.56. The normalized spacial score (nSPS) is 17.4. The summed E-state index contributed by atoms with van der Waals surface area (Å²) in [4.78, 5) is 24.7. The van der Waals surface area contributed by atoms with Gasteiger partial charge in [0.1, 0.15) is 6.61 Å². The molecular weight excluding hydrogens is 525 g/mol. The molecule has 0 unspecified atom stereocenters. The monoisotopic (exact) mass is 557 g/mol. The maximum absolute atomic E-state index is 12.9. The van der Waals surface area contributed by atoms with Crippen LogP contribution in [0.4, 0.5) is 4.79 Å². The van der Waals surface area contributed by atoms with E-state index in [1.54, 1.807) is 18.2 Å². The maximum Gasteiger partial charge on any atom is 0.492 e. The maximum atomic E-state index is 12.9. The van der Waals surface area contributed by atoms with Crippen LogP contribution in [0.15, 0.2) is 72.2 Å². The highest BCUT2D eigenvalue weighted by Gasteiger charge is 2.52. The van der Waals surface area contributed by atoms with Crippen molar-refractivity contribution in [3.05, 3.63) is 99.5 Å². The minimum absolute atomic E-state index is 0.0295. The Morgan fingerprint density at radius 1 is 0.950 bits per heavy atom. The lowest BCUT2D eigenvalue weighted by Crippen LogP contribution is -2.41. The summed E-state index contributed by atoms with van der Waals surface area (Å²) in [5.41, 5.74) is 5.44. The van der Waals surface area contributed by atoms with Crippen LogP contribution in [-0.4, -0.2) is 43.3 Å². The quantitative estimate of drug-likeness (QED) is 0.248. The number of Topliss-reactive ketones (excluding diaryl/α,β-unsaturated/α-hetero) is 1. The van der Waals surface area contributed by atoms with Crippen LogP contribution in [0.1, 0.15) is 67.6 Å². The molecule has 0 bridgehead atoms. The number of carbonyl (C=O) groups excluding carboxylic acids is 2. The summed E-state index contributed by atoms with van der Waals surface area (Å²) in [6, 6.07) is 21.7. The second-order valence-corrected chi connectivity index (χ2v) is 11.7. The standard InChI is InChI=1S/C32H33BClNO5/c1-20(36)23-15-14-21(17-29(23)34)16-22(33-39-31(2,3)32(4,5)40-33)18-35-30(37)38-19-28-26-12-8-6-10-24(26)25-11-7-9-13-27(25)28/h6-17,28H,18-19H2,1-5H3,(H,35,37). The Bertz CT molecular complexity index is 1440. The molecule has 206 valence electrons. The summed E-state index contributed by atoms with van der Waals surface area (Å²) >= 11 is 6.36. The van der Waals surface area contributed by atoms with Crippen LogP contribution in [-0.2, 0) is 14.0 Å². The van der Waals surface area contributed by atoms with Gasteiger partial charge in [0.05, 0.1) is 16.2 Å². The number of alkyl carbamates (subject to hydrolysis) is 1. The summed E-state index contributed by atoms with van der Waals surface area (Å²) < 4.78 is 18.3. The van der Waals surface area contributed by atoms with E-state index in [1.165, 1.54) is 18.1 Å². The summed E-state index contributed by atoms with van der Waals surface area (Å²) in [5, 5.41) is 3.23. The first-order chi connectivity index (χ1) is 19.0. The van der Waals surface area contributed by atoms with Gasteiger partial charge in [-0.2, -0.15) is 0 Å². The second-order valence-electron chi connectivity index (χ2n) is 11.3. The minimum atomic E-state index is -0.690. The van der Waals surface area contributed by atoms with Crippen molar-refractivity contribution >= 4 is 36.7 Å². The fraction of sp³-hybridized carbons (Fsp3) is 0.312. The van der Waals surface area contributed by atoms with Crippen LogP contribution in [0.25, 0.3) is 17.2 Å². The highest BCUT2D eigenvalue weighted by atomic mass is 35.5. The summed E-state index contributed by atoms with van der Waals surface area (Å²) in [7, 11) is -0.690. The third kappa shape index (κ3) is 5.46. The predicted octanol–water partition coefficient (Wildman–Crippen LogP) is 7.10. The zero-order valence-electron chi connectivity index (χ0n) is 23.4. The average Bonchev–Trinajstić information content (AvgIpc) is 3.34. The molecule has 0 atom stereocenters. The number of halogens is 1. The number of nitrogens with one attached hydrogen (secondary N) is 1. The van der Waals surface area contributed by atoms with Crippen LogP contribution in [0.3, 0.4) is 0 Å². The fourth-order valence-corrected chi connectivity index (χ4v) is 5.46. The number of hydrogen-bond donors (Lipinski definition) is 1. The van der Waals surface area contributed by atoms with Crippen molar-refractivity contribution < 1.29 is 23.6 Å². The molecular formula is C32H33BClNO5. The van der Waals surface area contributed by atoms with Gasteiger partial charge in [-0.25, -0.2) is 4.79 Å². The number of rotatable bonds is 7. The Balaban J connectivity index is 1.32. The molecule has 0 saturated carbocycles. The number of amides is 1. The zero-order chi connectivity index (χ0) is 28.7. The van der Waals surface area contributed by atoms with Gasteiger partial charge < -0.3 is 19.4 Å². The Morgan fingerprint density at radius 2 is 1.52 bits per heavy atom. The first-order valence-corrected chi connectivity index (χ1v) is 13.8. The Kier molecular flexibility index (Phi) is 7.66. The molecule has 3 aromatic carbocycles.